The molecule has 0 unspecified atom stereocenters. The highest BCUT2D eigenvalue weighted by molar-refractivity contribution is 6.36. The Balaban J connectivity index is 1.78. The number of hydrogen-bond acceptors (Lipinski definition) is 2. The largest absolute Gasteiger partial charge is 0.507 e. The van der Waals surface area contributed by atoms with Gasteiger partial charge in [0.2, 0.25) is 0 Å². The first-order chi connectivity index (χ1) is 15.0. The summed E-state index contributed by atoms with van der Waals surface area (Å²) in [5.74, 6) is 0.109. The first kappa shape index (κ1) is 24.0. The van der Waals surface area contributed by atoms with Gasteiger partial charge >= 0.3 is 0 Å². The first-order valence-electron chi connectivity index (χ1n) is 11.0. The van der Waals surface area contributed by atoms with Crippen molar-refractivity contribution >= 4 is 34.8 Å². The van der Waals surface area contributed by atoms with E-state index in [1.54, 1.807) is 18.2 Å². The SMILES string of the molecule is CCCCCCCCCCn1nc(-c2ccc(Cl)cc2O)cc1-c1ccc(Cl)cc1Cl. The quantitative estimate of drug-likeness (QED) is 0.278. The fourth-order valence-corrected chi connectivity index (χ4v) is 4.42. The number of halogens is 3. The molecular weight excluding hydrogens is 451 g/mol. The van der Waals surface area contributed by atoms with Gasteiger partial charge in [0, 0.05) is 27.7 Å². The number of aromatic hydroxyl groups is 1. The summed E-state index contributed by atoms with van der Waals surface area (Å²) in [7, 11) is 0. The van der Waals surface area contributed by atoms with Crippen molar-refractivity contribution in [3.63, 3.8) is 0 Å². The Morgan fingerprint density at radius 1 is 0.774 bits per heavy atom. The number of phenols is 1. The van der Waals surface area contributed by atoms with Crippen molar-refractivity contribution < 1.29 is 5.11 Å². The summed E-state index contributed by atoms with van der Waals surface area (Å²) >= 11 is 18.6. The third-order valence-corrected chi connectivity index (χ3v) is 6.23. The van der Waals surface area contributed by atoms with Gasteiger partial charge in [0.1, 0.15) is 5.75 Å². The van der Waals surface area contributed by atoms with Gasteiger partial charge in [-0.2, -0.15) is 5.10 Å². The number of benzene rings is 2. The molecule has 3 rings (SSSR count). The smallest absolute Gasteiger partial charge is 0.126 e. The molecule has 2 aromatic carbocycles. The number of unbranched alkanes of at least 4 members (excludes halogenated alkanes) is 7. The summed E-state index contributed by atoms with van der Waals surface area (Å²) in [6.45, 7) is 3.03. The van der Waals surface area contributed by atoms with E-state index in [2.05, 4.69) is 6.92 Å². The minimum absolute atomic E-state index is 0.109. The third-order valence-electron chi connectivity index (χ3n) is 5.45. The molecule has 0 spiro atoms. The Morgan fingerprint density at radius 2 is 1.39 bits per heavy atom. The van der Waals surface area contributed by atoms with Crippen molar-refractivity contribution in [1.82, 2.24) is 9.78 Å². The minimum Gasteiger partial charge on any atom is -0.507 e. The lowest BCUT2D eigenvalue weighted by Gasteiger charge is -2.09. The topological polar surface area (TPSA) is 38.0 Å². The van der Waals surface area contributed by atoms with Crippen molar-refractivity contribution in [2.75, 3.05) is 0 Å². The fourth-order valence-electron chi connectivity index (χ4n) is 3.75. The lowest BCUT2D eigenvalue weighted by Crippen LogP contribution is -2.03. The average Bonchev–Trinajstić information content (AvgIpc) is 3.13. The molecule has 1 aromatic heterocycles. The molecular formula is C25H29Cl3N2O. The van der Waals surface area contributed by atoms with Gasteiger partial charge in [-0.15, -0.1) is 0 Å². The molecule has 0 saturated carbocycles. The second kappa shape index (κ2) is 11.8. The van der Waals surface area contributed by atoms with E-state index in [-0.39, 0.29) is 5.75 Å². The van der Waals surface area contributed by atoms with Crippen molar-refractivity contribution in [2.24, 2.45) is 0 Å². The first-order valence-corrected chi connectivity index (χ1v) is 12.1. The summed E-state index contributed by atoms with van der Waals surface area (Å²) in [6.07, 6.45) is 10.0. The van der Waals surface area contributed by atoms with Crippen LogP contribution in [0.3, 0.4) is 0 Å². The number of rotatable bonds is 11. The molecule has 3 nitrogen and oxygen atoms in total. The van der Waals surface area contributed by atoms with E-state index in [0.717, 1.165) is 24.2 Å². The predicted molar refractivity (Wildman–Crippen MR) is 132 cm³/mol. The Kier molecular flexibility index (Phi) is 9.13. The van der Waals surface area contributed by atoms with Gasteiger partial charge in [0.05, 0.1) is 16.4 Å². The minimum atomic E-state index is 0.109. The molecule has 0 fully saturated rings. The molecule has 0 bridgehead atoms. The zero-order valence-electron chi connectivity index (χ0n) is 17.9. The normalized spacial score (nSPS) is 11.2. The van der Waals surface area contributed by atoms with Crippen molar-refractivity contribution in [2.45, 2.75) is 64.8 Å². The van der Waals surface area contributed by atoms with Crippen LogP contribution in [0.1, 0.15) is 58.3 Å². The lowest BCUT2D eigenvalue weighted by molar-refractivity contribution is 0.476. The molecule has 1 heterocycles. The van der Waals surface area contributed by atoms with Crippen LogP contribution >= 0.6 is 34.8 Å². The van der Waals surface area contributed by atoms with Crippen LogP contribution in [-0.2, 0) is 6.54 Å². The summed E-state index contributed by atoms with van der Waals surface area (Å²) in [4.78, 5) is 0. The molecule has 0 aliphatic heterocycles. The molecule has 0 amide bonds. The fraction of sp³-hybridized carbons (Fsp3) is 0.400. The molecule has 0 aliphatic rings. The van der Waals surface area contributed by atoms with Gasteiger partial charge in [0.25, 0.3) is 0 Å². The van der Waals surface area contributed by atoms with E-state index >= 15 is 0 Å². The van der Waals surface area contributed by atoms with E-state index in [1.165, 1.54) is 51.0 Å². The van der Waals surface area contributed by atoms with Gasteiger partial charge in [-0.1, -0.05) is 86.7 Å². The second-order valence-electron chi connectivity index (χ2n) is 7.90. The Morgan fingerprint density at radius 3 is 2.03 bits per heavy atom. The van der Waals surface area contributed by atoms with Crippen molar-refractivity contribution in [1.29, 1.82) is 0 Å². The highest BCUT2D eigenvalue weighted by Crippen LogP contribution is 2.36. The van der Waals surface area contributed by atoms with E-state index in [1.807, 2.05) is 22.9 Å². The summed E-state index contributed by atoms with van der Waals surface area (Å²) in [5, 5.41) is 16.8. The predicted octanol–water partition coefficient (Wildman–Crippen LogP) is 9.02. The van der Waals surface area contributed by atoms with Crippen molar-refractivity contribution in [3.8, 4) is 28.3 Å². The Hall–Kier alpha value is -1.68. The molecule has 0 saturated heterocycles. The van der Waals surface area contributed by atoms with Gasteiger partial charge in [0.15, 0.2) is 0 Å². The Labute approximate surface area is 200 Å². The molecule has 0 radical (unpaired) electrons. The molecule has 0 aliphatic carbocycles. The third kappa shape index (κ3) is 6.65. The molecule has 1 N–H and O–H groups in total. The number of phenolic OH excluding ortho intramolecular Hbond substituents is 1. The average molecular weight is 480 g/mol. The lowest BCUT2D eigenvalue weighted by atomic mass is 10.1. The summed E-state index contributed by atoms with van der Waals surface area (Å²) in [6, 6.07) is 12.5. The van der Waals surface area contributed by atoms with Crippen LogP contribution in [0.2, 0.25) is 15.1 Å². The highest BCUT2D eigenvalue weighted by atomic mass is 35.5. The zero-order valence-corrected chi connectivity index (χ0v) is 20.1. The zero-order chi connectivity index (χ0) is 22.2. The van der Waals surface area contributed by atoms with Gasteiger partial charge in [-0.3, -0.25) is 4.68 Å². The molecule has 3 aromatic rings. The maximum absolute atomic E-state index is 10.4. The molecule has 31 heavy (non-hydrogen) atoms. The molecule has 0 atom stereocenters. The van der Waals surface area contributed by atoms with Crippen LogP contribution in [0, 0.1) is 0 Å². The number of nitrogens with zero attached hydrogens (tertiary/aromatic N) is 2. The van der Waals surface area contributed by atoms with Crippen molar-refractivity contribution in [3.05, 3.63) is 57.5 Å². The highest BCUT2D eigenvalue weighted by Gasteiger charge is 2.16. The summed E-state index contributed by atoms with van der Waals surface area (Å²) < 4.78 is 1.98. The van der Waals surface area contributed by atoms with Gasteiger partial charge < -0.3 is 5.11 Å². The van der Waals surface area contributed by atoms with Crippen LogP contribution in [0.15, 0.2) is 42.5 Å². The van der Waals surface area contributed by atoms with Crippen LogP contribution < -0.4 is 0 Å². The number of hydrogen-bond donors (Lipinski definition) is 1. The van der Waals surface area contributed by atoms with E-state index in [0.29, 0.717) is 26.3 Å². The standard InChI is InChI=1S/C25H29Cl3N2O/c1-2-3-4-5-6-7-8-9-14-30-24(20-12-10-18(26)15-22(20)28)17-23(29-30)21-13-11-19(27)16-25(21)31/h10-13,15-17,31H,2-9,14H2,1H3. The number of aryl methyl sites for hydroxylation is 1. The number of aromatic nitrogens is 2. The van der Waals surface area contributed by atoms with Crippen LogP contribution in [-0.4, -0.2) is 14.9 Å². The maximum atomic E-state index is 10.4. The van der Waals surface area contributed by atoms with Gasteiger partial charge in [-0.25, -0.2) is 0 Å². The molecule has 6 heteroatoms. The van der Waals surface area contributed by atoms with Gasteiger partial charge in [-0.05, 0) is 48.9 Å². The second-order valence-corrected chi connectivity index (χ2v) is 9.18. The van der Waals surface area contributed by atoms with Crippen LogP contribution in [0.4, 0.5) is 0 Å². The van der Waals surface area contributed by atoms with Crippen LogP contribution in [0.5, 0.6) is 5.75 Å². The van der Waals surface area contributed by atoms with E-state index in [4.69, 9.17) is 39.9 Å². The maximum Gasteiger partial charge on any atom is 0.126 e. The Bertz CT molecular complexity index is 1000. The van der Waals surface area contributed by atoms with E-state index < -0.39 is 0 Å². The molecule has 166 valence electrons. The van der Waals surface area contributed by atoms with Crippen LogP contribution in [0.25, 0.3) is 22.5 Å². The summed E-state index contributed by atoms with van der Waals surface area (Å²) in [5.41, 5.74) is 3.12. The van der Waals surface area contributed by atoms with E-state index in [9.17, 15) is 5.11 Å². The monoisotopic (exact) mass is 478 g/mol.